The van der Waals surface area contributed by atoms with Gasteiger partial charge in [-0.15, -0.1) is 11.3 Å². The zero-order chi connectivity index (χ0) is 24.5. The van der Waals surface area contributed by atoms with E-state index in [9.17, 15) is 13.2 Å². The van der Waals surface area contributed by atoms with Gasteiger partial charge in [-0.3, -0.25) is 0 Å². The molecule has 1 aromatic heterocycles. The third-order valence-corrected chi connectivity index (χ3v) is 9.58. The Morgan fingerprint density at radius 2 is 1.91 bits per heavy atom. The summed E-state index contributed by atoms with van der Waals surface area (Å²) in [5.41, 5.74) is 1.57. The van der Waals surface area contributed by atoms with Crippen LogP contribution in [0.3, 0.4) is 0 Å². The summed E-state index contributed by atoms with van der Waals surface area (Å²) in [6.45, 7) is 4.82. The minimum atomic E-state index is -3.55. The van der Waals surface area contributed by atoms with Crippen LogP contribution in [0.2, 0.25) is 0 Å². The lowest BCUT2D eigenvalue weighted by molar-refractivity contribution is 0.109. The molecule has 2 fully saturated rings. The highest BCUT2D eigenvalue weighted by Crippen LogP contribution is 2.41. The predicted octanol–water partition coefficient (Wildman–Crippen LogP) is 4.43. The third kappa shape index (κ3) is 5.39. The molecule has 2 aromatic rings. The van der Waals surface area contributed by atoms with E-state index < -0.39 is 10.0 Å². The first-order valence-electron chi connectivity index (χ1n) is 11.9. The van der Waals surface area contributed by atoms with E-state index in [1.54, 1.807) is 21.7 Å². The molecule has 0 radical (unpaired) electrons. The zero-order valence-electron chi connectivity index (χ0n) is 20.3. The van der Waals surface area contributed by atoms with E-state index in [0.29, 0.717) is 29.5 Å². The fourth-order valence-corrected chi connectivity index (χ4v) is 7.31. The second-order valence-electron chi connectivity index (χ2n) is 9.54. The zero-order valence-corrected chi connectivity index (χ0v) is 21.9. The molecule has 0 spiro atoms. The smallest absolute Gasteiger partial charge is 0.407 e. The van der Waals surface area contributed by atoms with Crippen molar-refractivity contribution in [1.82, 2.24) is 14.6 Å². The van der Waals surface area contributed by atoms with Crippen LogP contribution in [0.4, 0.5) is 10.5 Å². The van der Waals surface area contributed by atoms with Crippen LogP contribution < -0.4 is 10.2 Å². The number of thiazole rings is 1. The van der Waals surface area contributed by atoms with Crippen molar-refractivity contribution in [3.63, 3.8) is 0 Å². The first-order chi connectivity index (χ1) is 16.1. The number of ether oxygens (including phenoxy) is 1. The van der Waals surface area contributed by atoms with E-state index in [4.69, 9.17) is 4.74 Å². The molecule has 1 amide bonds. The van der Waals surface area contributed by atoms with Crippen molar-refractivity contribution in [2.24, 2.45) is 0 Å². The number of nitrogens with zero attached hydrogens (tertiary/aromatic N) is 3. The predicted molar refractivity (Wildman–Crippen MR) is 135 cm³/mol. The van der Waals surface area contributed by atoms with Crippen LogP contribution in [-0.2, 0) is 14.8 Å². The number of aromatic nitrogens is 1. The second kappa shape index (κ2) is 10.2. The number of hydrogen-bond acceptors (Lipinski definition) is 7. The summed E-state index contributed by atoms with van der Waals surface area (Å²) in [4.78, 5) is 19.7. The first kappa shape index (κ1) is 24.9. The highest BCUT2D eigenvalue weighted by atomic mass is 32.2. The molecule has 1 aliphatic carbocycles. The van der Waals surface area contributed by atoms with Gasteiger partial charge in [0, 0.05) is 56.6 Å². The monoisotopic (exact) mass is 506 g/mol. The Kier molecular flexibility index (Phi) is 7.49. The Morgan fingerprint density at radius 1 is 1.21 bits per heavy atom. The van der Waals surface area contributed by atoms with Gasteiger partial charge in [0.1, 0.15) is 0 Å². The summed E-state index contributed by atoms with van der Waals surface area (Å²) >= 11 is 1.58. The van der Waals surface area contributed by atoms with Gasteiger partial charge < -0.3 is 15.0 Å². The third-order valence-electron chi connectivity index (χ3n) is 6.44. The van der Waals surface area contributed by atoms with Crippen LogP contribution in [-0.4, -0.2) is 63.1 Å². The molecular formula is C24H34N4O4S2. The minimum absolute atomic E-state index is 0.119. The molecule has 1 aliphatic heterocycles. The molecule has 1 aromatic carbocycles. The Morgan fingerprint density at radius 3 is 2.50 bits per heavy atom. The van der Waals surface area contributed by atoms with Crippen molar-refractivity contribution in [3.05, 3.63) is 29.4 Å². The lowest BCUT2D eigenvalue weighted by Crippen LogP contribution is -2.42. The Balaban J connectivity index is 1.51. The first-order valence-corrected chi connectivity index (χ1v) is 14.2. The average molecular weight is 507 g/mol. The maximum atomic E-state index is 13.3. The summed E-state index contributed by atoms with van der Waals surface area (Å²) < 4.78 is 33.4. The molecule has 4 rings (SSSR count). The fraction of sp³-hybridized carbons (Fsp3) is 0.583. The number of sulfonamides is 1. The van der Waals surface area contributed by atoms with Crippen molar-refractivity contribution < 1.29 is 17.9 Å². The molecule has 8 nitrogen and oxygen atoms in total. The molecule has 10 heteroatoms. The van der Waals surface area contributed by atoms with Crippen LogP contribution in [0.25, 0.3) is 10.4 Å². The van der Waals surface area contributed by atoms with Crippen LogP contribution in [0.5, 0.6) is 0 Å². The van der Waals surface area contributed by atoms with Gasteiger partial charge in [0.05, 0.1) is 20.9 Å². The van der Waals surface area contributed by atoms with Gasteiger partial charge in [0.25, 0.3) is 0 Å². The van der Waals surface area contributed by atoms with Gasteiger partial charge in [0.2, 0.25) is 10.0 Å². The maximum absolute atomic E-state index is 13.3. The number of benzene rings is 1. The molecular weight excluding hydrogens is 472 g/mol. The molecule has 186 valence electrons. The van der Waals surface area contributed by atoms with Crippen molar-refractivity contribution in [2.75, 3.05) is 32.1 Å². The normalized spacial score (nSPS) is 21.2. The lowest BCUT2D eigenvalue weighted by atomic mass is 9.86. The van der Waals surface area contributed by atoms with Crippen molar-refractivity contribution in [2.45, 2.75) is 68.9 Å². The van der Waals surface area contributed by atoms with Gasteiger partial charge in [-0.2, -0.15) is 4.31 Å². The number of nitrogens with one attached hydrogen (secondary N) is 1. The number of alkyl carbamates (subject to hydrolysis) is 1. The lowest BCUT2D eigenvalue weighted by Gasteiger charge is -2.30. The Labute approximate surface area is 206 Å². The fourth-order valence-electron chi connectivity index (χ4n) is 4.37. The summed E-state index contributed by atoms with van der Waals surface area (Å²) in [5.74, 6) is 0.314. The van der Waals surface area contributed by atoms with E-state index in [1.165, 1.54) is 0 Å². The summed E-state index contributed by atoms with van der Waals surface area (Å²) in [6, 6.07) is 5.75. The van der Waals surface area contributed by atoms with E-state index in [1.807, 2.05) is 51.2 Å². The average Bonchev–Trinajstić information content (AvgIpc) is 3.21. The van der Waals surface area contributed by atoms with E-state index >= 15 is 0 Å². The van der Waals surface area contributed by atoms with E-state index in [-0.39, 0.29) is 18.2 Å². The number of carbonyl (C=O) groups excluding carboxylic acids is 1. The summed E-state index contributed by atoms with van der Waals surface area (Å²) in [5, 5.41) is 3.99. The van der Waals surface area contributed by atoms with Gasteiger partial charge in [-0.1, -0.05) is 6.07 Å². The molecule has 1 saturated carbocycles. The van der Waals surface area contributed by atoms with Crippen molar-refractivity contribution >= 4 is 33.1 Å². The molecule has 0 bridgehead atoms. The van der Waals surface area contributed by atoms with Gasteiger partial charge >= 0.3 is 6.09 Å². The molecule has 1 saturated heterocycles. The van der Waals surface area contributed by atoms with E-state index in [2.05, 4.69) is 10.3 Å². The van der Waals surface area contributed by atoms with Crippen molar-refractivity contribution in [3.8, 4) is 10.4 Å². The van der Waals surface area contributed by atoms with Crippen LogP contribution >= 0.6 is 11.3 Å². The second-order valence-corrected chi connectivity index (χ2v) is 12.5. The molecule has 2 heterocycles. The highest BCUT2D eigenvalue weighted by Gasteiger charge is 2.33. The standard InChI is InChI=1S/C24H34N4O4S2/c1-16(2)32-24(29)26-18-8-6-17(7-9-18)23-25-15-21(33-23)20-11-10-19(27(3)4)14-22(20)34(30,31)28-12-5-13-28/h10-11,14-18H,5-9,12-13H2,1-4H3,(H,26,29)/t17-,18-. The summed E-state index contributed by atoms with van der Waals surface area (Å²) in [6.07, 6.45) is 5.83. The van der Waals surface area contributed by atoms with Gasteiger partial charge in [0.15, 0.2) is 0 Å². The highest BCUT2D eigenvalue weighted by molar-refractivity contribution is 7.89. The Hall–Kier alpha value is -2.17. The molecule has 34 heavy (non-hydrogen) atoms. The van der Waals surface area contributed by atoms with E-state index in [0.717, 1.165) is 47.7 Å². The molecule has 1 N–H and O–H groups in total. The Bertz CT molecular complexity index is 1120. The van der Waals surface area contributed by atoms with Gasteiger partial charge in [-0.05, 0) is 58.1 Å². The van der Waals surface area contributed by atoms with Gasteiger partial charge in [-0.25, -0.2) is 18.2 Å². The minimum Gasteiger partial charge on any atom is -0.447 e. The SMILES string of the molecule is CC(C)OC(=O)N[C@H]1CC[C@H](c2ncc(-c3ccc(N(C)C)cc3S(=O)(=O)N3CCC3)s2)CC1. The quantitative estimate of drug-likeness (QED) is 0.597. The number of hydrogen-bond donors (Lipinski definition) is 1. The molecule has 0 atom stereocenters. The molecule has 2 aliphatic rings. The topological polar surface area (TPSA) is 91.8 Å². The molecule has 0 unspecified atom stereocenters. The largest absolute Gasteiger partial charge is 0.447 e. The van der Waals surface area contributed by atoms with Crippen molar-refractivity contribution in [1.29, 1.82) is 0 Å². The maximum Gasteiger partial charge on any atom is 0.407 e. The van der Waals surface area contributed by atoms with Crippen LogP contribution in [0, 0.1) is 0 Å². The van der Waals surface area contributed by atoms with Crippen LogP contribution in [0.1, 0.15) is 56.9 Å². The number of amides is 1. The summed E-state index contributed by atoms with van der Waals surface area (Å²) in [7, 11) is 0.274. The number of anilines is 1. The number of rotatable bonds is 7. The van der Waals surface area contributed by atoms with Crippen LogP contribution in [0.15, 0.2) is 29.3 Å². The number of carbonyl (C=O) groups is 1.